The lowest BCUT2D eigenvalue weighted by Gasteiger charge is -2.43. The third kappa shape index (κ3) is 6.63. The molecule has 0 bridgehead atoms. The van der Waals surface area contributed by atoms with Crippen LogP contribution in [0.4, 0.5) is 0 Å². The summed E-state index contributed by atoms with van der Waals surface area (Å²) in [5, 5.41) is 0. The van der Waals surface area contributed by atoms with Crippen molar-refractivity contribution in [2.24, 2.45) is 0 Å². The highest BCUT2D eigenvalue weighted by molar-refractivity contribution is 8.03. The Kier molecular flexibility index (Phi) is 10.3. The molecule has 38 heavy (non-hydrogen) atoms. The average Bonchev–Trinajstić information content (AvgIpc) is 2.93. The summed E-state index contributed by atoms with van der Waals surface area (Å²) < 4.78 is 25.6. The van der Waals surface area contributed by atoms with Crippen LogP contribution in [0.5, 0.6) is 0 Å². The molecule has 0 radical (unpaired) electrons. The maximum Gasteiger partial charge on any atom is 0.222 e. The van der Waals surface area contributed by atoms with Crippen LogP contribution < -0.4 is 0 Å². The average molecular weight is 549 g/mol. The molecule has 0 aliphatic heterocycles. The number of benzene rings is 3. The molecular formula is C32H36O4S2. The van der Waals surface area contributed by atoms with Gasteiger partial charge in [-0.25, -0.2) is 0 Å². The van der Waals surface area contributed by atoms with Gasteiger partial charge in [-0.3, -0.25) is 0 Å². The molecule has 0 atom stereocenters. The largest absolute Gasteiger partial charge is 0.343 e. The normalized spacial score (nSPS) is 16.1. The van der Waals surface area contributed by atoms with Crippen molar-refractivity contribution >= 4 is 29.1 Å². The van der Waals surface area contributed by atoms with E-state index >= 15 is 0 Å². The van der Waals surface area contributed by atoms with Crippen molar-refractivity contribution < 1.29 is 18.9 Å². The molecule has 6 heteroatoms. The molecule has 200 valence electrons. The van der Waals surface area contributed by atoms with Gasteiger partial charge >= 0.3 is 0 Å². The Labute approximate surface area is 235 Å². The Morgan fingerprint density at radius 2 is 0.947 bits per heavy atom. The van der Waals surface area contributed by atoms with Crippen LogP contribution >= 0.6 is 23.5 Å². The van der Waals surface area contributed by atoms with Crippen molar-refractivity contribution in [2.75, 3.05) is 26.4 Å². The first-order chi connectivity index (χ1) is 18.6. The summed E-state index contributed by atoms with van der Waals surface area (Å²) in [7, 11) is 0. The second-order valence-corrected chi connectivity index (χ2v) is 10.8. The molecule has 3 aromatic rings. The summed E-state index contributed by atoms with van der Waals surface area (Å²) in [5.41, 5.74) is 1.87. The third-order valence-corrected chi connectivity index (χ3v) is 8.07. The first-order valence-corrected chi connectivity index (χ1v) is 14.8. The van der Waals surface area contributed by atoms with E-state index < -0.39 is 11.6 Å². The van der Waals surface area contributed by atoms with E-state index in [9.17, 15) is 0 Å². The van der Waals surface area contributed by atoms with E-state index in [0.717, 1.165) is 25.8 Å². The van der Waals surface area contributed by atoms with Crippen LogP contribution in [-0.2, 0) is 18.9 Å². The van der Waals surface area contributed by atoms with E-state index in [1.165, 1.54) is 4.90 Å². The zero-order valence-electron chi connectivity index (χ0n) is 22.5. The van der Waals surface area contributed by atoms with Gasteiger partial charge in [-0.1, -0.05) is 72.1 Å². The first-order valence-electron chi connectivity index (χ1n) is 13.2. The molecule has 0 unspecified atom stereocenters. The Bertz CT molecular complexity index is 1200. The van der Waals surface area contributed by atoms with E-state index in [1.807, 2.05) is 58.0 Å². The molecule has 1 aliphatic rings. The molecule has 0 saturated heterocycles. The Morgan fingerprint density at radius 1 is 0.500 bits per heavy atom. The van der Waals surface area contributed by atoms with Gasteiger partial charge in [0, 0.05) is 46.7 Å². The van der Waals surface area contributed by atoms with Crippen LogP contribution in [0.3, 0.4) is 0 Å². The van der Waals surface area contributed by atoms with Gasteiger partial charge in [0.25, 0.3) is 0 Å². The Hall–Kier alpha value is -2.32. The molecule has 3 aromatic carbocycles. The van der Waals surface area contributed by atoms with Crippen LogP contribution in [-0.4, -0.2) is 38.0 Å². The number of ether oxygens (including phenoxy) is 4. The topological polar surface area (TPSA) is 36.9 Å². The fourth-order valence-corrected chi connectivity index (χ4v) is 6.36. The molecule has 1 aliphatic carbocycles. The van der Waals surface area contributed by atoms with Crippen molar-refractivity contribution in [1.29, 1.82) is 0 Å². The van der Waals surface area contributed by atoms with Crippen LogP contribution in [0.15, 0.2) is 117 Å². The fraction of sp³-hybridized carbons (Fsp3) is 0.312. The fourth-order valence-electron chi connectivity index (χ4n) is 4.45. The molecule has 0 fully saturated rings. The quantitative estimate of drug-likeness (QED) is 0.200. The lowest BCUT2D eigenvalue weighted by molar-refractivity contribution is -0.187. The number of rotatable bonds is 13. The van der Waals surface area contributed by atoms with Crippen molar-refractivity contribution in [3.8, 4) is 0 Å². The number of hydrogen-bond acceptors (Lipinski definition) is 6. The molecule has 0 spiro atoms. The summed E-state index contributed by atoms with van der Waals surface area (Å²) in [4.78, 5) is 4.33. The molecule has 0 heterocycles. The van der Waals surface area contributed by atoms with E-state index in [2.05, 4.69) is 66.7 Å². The van der Waals surface area contributed by atoms with Gasteiger partial charge in [-0.15, -0.1) is 0 Å². The van der Waals surface area contributed by atoms with Gasteiger partial charge in [0.2, 0.25) is 11.6 Å². The Morgan fingerprint density at radius 3 is 1.45 bits per heavy atom. The van der Waals surface area contributed by atoms with Gasteiger partial charge in [0.15, 0.2) is 0 Å². The minimum Gasteiger partial charge on any atom is -0.343 e. The minimum absolute atomic E-state index is 0.481. The lowest BCUT2D eigenvalue weighted by Crippen LogP contribution is -2.46. The van der Waals surface area contributed by atoms with Gasteiger partial charge in [0.1, 0.15) is 0 Å². The highest BCUT2D eigenvalue weighted by Crippen LogP contribution is 2.49. The van der Waals surface area contributed by atoms with Gasteiger partial charge in [0.05, 0.1) is 4.91 Å². The summed E-state index contributed by atoms with van der Waals surface area (Å²) in [6, 6.07) is 29.1. The van der Waals surface area contributed by atoms with E-state index in [1.54, 1.807) is 23.5 Å². The molecular weight excluding hydrogens is 512 g/mol. The van der Waals surface area contributed by atoms with Crippen molar-refractivity contribution in [2.45, 2.75) is 54.0 Å². The van der Waals surface area contributed by atoms with Gasteiger partial charge in [-0.05, 0) is 81.8 Å². The zero-order chi connectivity index (χ0) is 26.8. The standard InChI is InChI=1S/C32H36O4S2/c1-5-33-31(34-6-2)24-30(38-27-17-13-10-14-18-27)32(35-7-3,36-8-4)23-29(31)25-19-21-28(22-20-25)37-26-15-11-9-12-16-26/h9-24H,5-8H2,1-4H3. The summed E-state index contributed by atoms with van der Waals surface area (Å²) >= 11 is 3.34. The highest BCUT2D eigenvalue weighted by Gasteiger charge is 2.48. The summed E-state index contributed by atoms with van der Waals surface area (Å²) in [5.74, 6) is -2.14. The smallest absolute Gasteiger partial charge is 0.222 e. The van der Waals surface area contributed by atoms with Crippen LogP contribution in [0.1, 0.15) is 33.3 Å². The summed E-state index contributed by atoms with van der Waals surface area (Å²) in [6.45, 7) is 9.89. The predicted octanol–water partition coefficient (Wildman–Crippen LogP) is 8.45. The number of thioether (sulfide) groups is 1. The van der Waals surface area contributed by atoms with E-state index in [4.69, 9.17) is 18.9 Å². The van der Waals surface area contributed by atoms with Crippen LogP contribution in [0.25, 0.3) is 5.57 Å². The monoisotopic (exact) mass is 548 g/mol. The Balaban J connectivity index is 1.80. The molecule has 0 aromatic heterocycles. The second kappa shape index (κ2) is 13.7. The first kappa shape index (κ1) is 28.7. The van der Waals surface area contributed by atoms with E-state index in [-0.39, 0.29) is 0 Å². The molecule has 0 amide bonds. The highest BCUT2D eigenvalue weighted by atomic mass is 32.2. The maximum atomic E-state index is 6.42. The number of hydrogen-bond donors (Lipinski definition) is 0. The molecule has 4 nitrogen and oxygen atoms in total. The molecule has 0 N–H and O–H groups in total. The minimum atomic E-state index is -1.08. The third-order valence-electron chi connectivity index (χ3n) is 5.92. The van der Waals surface area contributed by atoms with Crippen molar-refractivity contribution in [3.05, 3.63) is 108 Å². The summed E-state index contributed by atoms with van der Waals surface area (Å²) in [6.07, 6.45) is 4.10. The second-order valence-electron chi connectivity index (χ2n) is 8.49. The lowest BCUT2D eigenvalue weighted by atomic mass is 9.89. The van der Waals surface area contributed by atoms with Crippen molar-refractivity contribution in [3.63, 3.8) is 0 Å². The van der Waals surface area contributed by atoms with Gasteiger partial charge in [-0.2, -0.15) is 0 Å². The van der Waals surface area contributed by atoms with Gasteiger partial charge < -0.3 is 18.9 Å². The van der Waals surface area contributed by atoms with E-state index in [0.29, 0.717) is 26.4 Å². The van der Waals surface area contributed by atoms with Crippen molar-refractivity contribution in [1.82, 2.24) is 0 Å². The SMILES string of the molecule is CCOC1(OCC)C=C(c2ccc(Sc3ccccc3)cc2)C(OCC)(OCC)C=C1Sc1ccccc1. The molecule has 4 rings (SSSR count). The van der Waals surface area contributed by atoms with Crippen LogP contribution in [0.2, 0.25) is 0 Å². The van der Waals surface area contributed by atoms with Crippen LogP contribution in [0, 0.1) is 0 Å². The molecule has 0 saturated carbocycles. The zero-order valence-corrected chi connectivity index (χ0v) is 24.1. The predicted molar refractivity (Wildman–Crippen MR) is 157 cm³/mol. The maximum absolute atomic E-state index is 6.42.